The zero-order valence-corrected chi connectivity index (χ0v) is 37.2. The van der Waals surface area contributed by atoms with Gasteiger partial charge < -0.3 is 14.7 Å². The Labute approximate surface area is 355 Å². The first-order valence-electron chi connectivity index (χ1n) is 24.4. The number of allylic oxidation sites excluding steroid dienone is 2. The van der Waals surface area contributed by atoms with Crippen LogP contribution in [0.5, 0.6) is 0 Å². The Hall–Kier alpha value is -2.90. The molecule has 1 atom stereocenters. The summed E-state index contributed by atoms with van der Waals surface area (Å²) >= 11 is 0. The quantitative estimate of drug-likeness (QED) is 0.0208. The van der Waals surface area contributed by atoms with Crippen LogP contribution in [-0.2, 0) is 28.8 Å². The first-order chi connectivity index (χ1) is 28.4. The van der Waals surface area contributed by atoms with Gasteiger partial charge in [0.05, 0.1) is 6.61 Å². The van der Waals surface area contributed by atoms with Crippen molar-refractivity contribution in [3.05, 3.63) is 36.0 Å². The fourth-order valence-corrected chi connectivity index (χ4v) is 7.91. The molecule has 1 rings (SSSR count). The average molecular weight is 814 g/mol. The molecule has 0 bridgehead atoms. The number of rotatable bonds is 40. The molecule has 1 aliphatic carbocycles. The molecule has 0 radical (unpaired) electrons. The van der Waals surface area contributed by atoms with E-state index < -0.39 is 23.8 Å². The van der Waals surface area contributed by atoms with Crippen molar-refractivity contribution in [2.45, 2.75) is 244 Å². The number of carboxylic acid groups (broad SMARTS) is 1. The molecule has 0 aromatic carbocycles. The summed E-state index contributed by atoms with van der Waals surface area (Å²) in [4.78, 5) is 52.6. The molecule has 1 unspecified atom stereocenters. The molecule has 0 saturated heterocycles. The number of hydrogen-bond acceptors (Lipinski definition) is 6. The van der Waals surface area contributed by atoms with Crippen molar-refractivity contribution in [1.82, 2.24) is 5.48 Å². The number of carboxylic acids is 1. The molecule has 8 nitrogen and oxygen atoms in total. The van der Waals surface area contributed by atoms with E-state index in [4.69, 9.17) is 9.57 Å². The van der Waals surface area contributed by atoms with Crippen LogP contribution < -0.4 is 5.48 Å². The van der Waals surface area contributed by atoms with Crippen molar-refractivity contribution in [2.75, 3.05) is 6.61 Å². The third-order valence-corrected chi connectivity index (χ3v) is 11.5. The lowest BCUT2D eigenvalue weighted by Gasteiger charge is -2.15. The number of hydrogen-bond donors (Lipinski definition) is 2. The Morgan fingerprint density at radius 3 is 1.50 bits per heavy atom. The topological polar surface area (TPSA) is 119 Å². The molecule has 0 heterocycles. The van der Waals surface area contributed by atoms with Gasteiger partial charge >= 0.3 is 17.9 Å². The van der Waals surface area contributed by atoms with Crippen LogP contribution in [-0.4, -0.2) is 35.5 Å². The van der Waals surface area contributed by atoms with Gasteiger partial charge in [-0.15, -0.1) is 0 Å². The molecular weight excluding hydrogens is 727 g/mol. The normalized spacial score (nSPS) is 14.2. The number of esters is 1. The van der Waals surface area contributed by atoms with Crippen LogP contribution in [0, 0.1) is 5.92 Å². The lowest BCUT2D eigenvalue weighted by atomic mass is 9.91. The van der Waals surface area contributed by atoms with Gasteiger partial charge in [-0.25, -0.2) is 14.4 Å². The summed E-state index contributed by atoms with van der Waals surface area (Å²) in [5.41, 5.74) is 1.95. The van der Waals surface area contributed by atoms with E-state index in [1.54, 1.807) is 0 Å². The van der Waals surface area contributed by atoms with E-state index in [9.17, 15) is 24.3 Å². The molecule has 8 heteroatoms. The standard InChI is InChI=1S/C50H87NO7/c1-2-3-4-5-6-7-8-9-10-15-18-21-24-27-30-36-43-57-49(55)42-41-47(52)51-58-50(56)46(44-48(53)54)40-35-29-26-23-20-17-14-12-11-13-16-19-22-25-28-32-37-45-38-33-31-34-39-45/h33,38,41-42,44-45H,2-32,34-37,39-40,43H2,1H3,(H,51,52)(H,53,54)/b42-41+,46-44+. The second-order valence-corrected chi connectivity index (χ2v) is 17.0. The van der Waals surface area contributed by atoms with Gasteiger partial charge in [-0.1, -0.05) is 212 Å². The number of aliphatic carboxylic acids is 1. The second-order valence-electron chi connectivity index (χ2n) is 17.0. The molecule has 0 aliphatic heterocycles. The molecule has 0 aromatic heterocycles. The predicted octanol–water partition coefficient (Wildman–Crippen LogP) is 14.3. The fourth-order valence-electron chi connectivity index (χ4n) is 7.91. The van der Waals surface area contributed by atoms with E-state index in [1.165, 1.54) is 186 Å². The number of carbonyl (C=O) groups is 4. The third kappa shape index (κ3) is 36.2. The zero-order valence-electron chi connectivity index (χ0n) is 37.2. The number of nitrogens with one attached hydrogen (secondary N) is 1. The van der Waals surface area contributed by atoms with Crippen molar-refractivity contribution in [2.24, 2.45) is 5.92 Å². The summed E-state index contributed by atoms with van der Waals surface area (Å²) in [5.74, 6) is -2.76. The Bertz CT molecular complexity index is 1110. The maximum absolute atomic E-state index is 12.5. The number of hydroxylamine groups is 1. The van der Waals surface area contributed by atoms with Crippen LogP contribution in [0.3, 0.4) is 0 Å². The van der Waals surface area contributed by atoms with Gasteiger partial charge in [0.1, 0.15) is 0 Å². The van der Waals surface area contributed by atoms with Crippen molar-refractivity contribution in [3.63, 3.8) is 0 Å². The molecule has 58 heavy (non-hydrogen) atoms. The van der Waals surface area contributed by atoms with Crippen molar-refractivity contribution in [1.29, 1.82) is 0 Å². The first kappa shape index (κ1) is 53.1. The zero-order chi connectivity index (χ0) is 42.0. The predicted molar refractivity (Wildman–Crippen MR) is 239 cm³/mol. The smallest absolute Gasteiger partial charge is 0.359 e. The van der Waals surface area contributed by atoms with Crippen LogP contribution in [0.25, 0.3) is 0 Å². The van der Waals surface area contributed by atoms with Gasteiger partial charge in [0, 0.05) is 23.8 Å². The highest BCUT2D eigenvalue weighted by atomic mass is 16.7. The molecule has 0 saturated carbocycles. The lowest BCUT2D eigenvalue weighted by molar-refractivity contribution is -0.153. The molecule has 2 N–H and O–H groups in total. The largest absolute Gasteiger partial charge is 0.478 e. The number of amides is 1. The minimum Gasteiger partial charge on any atom is -0.478 e. The summed E-state index contributed by atoms with van der Waals surface area (Å²) in [6, 6.07) is 0. The molecule has 1 amide bonds. The van der Waals surface area contributed by atoms with E-state index in [0.717, 1.165) is 62.7 Å². The molecule has 334 valence electrons. The van der Waals surface area contributed by atoms with Gasteiger partial charge in [0.2, 0.25) is 0 Å². The molecule has 0 spiro atoms. The van der Waals surface area contributed by atoms with Crippen LogP contribution >= 0.6 is 0 Å². The monoisotopic (exact) mass is 814 g/mol. The Balaban J connectivity index is 1.96. The highest BCUT2D eigenvalue weighted by molar-refractivity contribution is 5.98. The van der Waals surface area contributed by atoms with Crippen molar-refractivity contribution < 1.29 is 33.9 Å². The van der Waals surface area contributed by atoms with Crippen LogP contribution in [0.15, 0.2) is 36.0 Å². The van der Waals surface area contributed by atoms with E-state index in [0.29, 0.717) is 13.0 Å². The van der Waals surface area contributed by atoms with Crippen molar-refractivity contribution >= 4 is 23.8 Å². The Morgan fingerprint density at radius 2 is 1.05 bits per heavy atom. The Kier molecular flexibility index (Phi) is 37.4. The van der Waals surface area contributed by atoms with E-state index in [-0.39, 0.29) is 12.0 Å². The third-order valence-electron chi connectivity index (χ3n) is 11.5. The summed E-state index contributed by atoms with van der Waals surface area (Å²) in [5, 5.41) is 9.22. The van der Waals surface area contributed by atoms with Gasteiger partial charge in [-0.05, 0) is 50.9 Å². The van der Waals surface area contributed by atoms with Gasteiger partial charge in [-0.2, -0.15) is 5.48 Å². The molecule has 0 fully saturated rings. The van der Waals surface area contributed by atoms with Gasteiger partial charge in [0.25, 0.3) is 5.91 Å². The maximum atomic E-state index is 12.5. The van der Waals surface area contributed by atoms with E-state index in [1.807, 2.05) is 5.48 Å². The van der Waals surface area contributed by atoms with E-state index >= 15 is 0 Å². The minimum atomic E-state index is -1.25. The number of unbranched alkanes of at least 4 members (excludes halogenated alkanes) is 30. The second kappa shape index (κ2) is 40.9. The molecular formula is C50H87NO7. The highest BCUT2D eigenvalue weighted by Gasteiger charge is 2.15. The Morgan fingerprint density at radius 1 is 0.603 bits per heavy atom. The number of carbonyl (C=O) groups excluding carboxylic acids is 3. The minimum absolute atomic E-state index is 0.0117. The average Bonchev–Trinajstić information content (AvgIpc) is 3.22. The molecule has 1 aliphatic rings. The van der Waals surface area contributed by atoms with Crippen LogP contribution in [0.1, 0.15) is 244 Å². The fraction of sp³-hybridized carbons (Fsp3) is 0.800. The van der Waals surface area contributed by atoms with Gasteiger partial charge in [0.15, 0.2) is 0 Å². The van der Waals surface area contributed by atoms with E-state index in [2.05, 4.69) is 19.1 Å². The summed E-state index contributed by atoms with van der Waals surface area (Å²) in [7, 11) is 0. The van der Waals surface area contributed by atoms with Crippen LogP contribution in [0.4, 0.5) is 0 Å². The van der Waals surface area contributed by atoms with Crippen LogP contribution in [0.2, 0.25) is 0 Å². The SMILES string of the molecule is CCCCCCCCCCCCCCCCCCOC(=O)/C=C/C(=O)NOC(=O)/C(=C/C(=O)O)CCCCCCCCCCCCCCCCCCC1C=CCCC1. The summed E-state index contributed by atoms with van der Waals surface area (Å²) < 4.78 is 5.17. The maximum Gasteiger partial charge on any atom is 0.359 e. The highest BCUT2D eigenvalue weighted by Crippen LogP contribution is 2.23. The number of ether oxygens (including phenoxy) is 1. The van der Waals surface area contributed by atoms with Crippen molar-refractivity contribution in [3.8, 4) is 0 Å². The first-order valence-corrected chi connectivity index (χ1v) is 24.4. The summed E-state index contributed by atoms with van der Waals surface area (Å²) in [6.45, 7) is 2.55. The summed E-state index contributed by atoms with van der Waals surface area (Å²) in [6.07, 6.45) is 53.4. The lowest BCUT2D eigenvalue weighted by Crippen LogP contribution is -2.26. The van der Waals surface area contributed by atoms with Gasteiger partial charge in [-0.3, -0.25) is 4.79 Å². The molecule has 0 aromatic rings.